The van der Waals surface area contributed by atoms with Crippen LogP contribution in [0.5, 0.6) is 5.88 Å². The van der Waals surface area contributed by atoms with Gasteiger partial charge in [0, 0.05) is 6.07 Å². The molecule has 78 valence electrons. The predicted molar refractivity (Wildman–Crippen MR) is 61.4 cm³/mol. The van der Waals surface area contributed by atoms with Crippen LogP contribution in [-0.2, 0) is 0 Å². The van der Waals surface area contributed by atoms with Crippen LogP contribution < -0.4 is 4.74 Å². The van der Waals surface area contributed by atoms with E-state index in [0.29, 0.717) is 20.7 Å². The fourth-order valence-corrected chi connectivity index (χ4v) is 2.63. The van der Waals surface area contributed by atoms with Crippen molar-refractivity contribution in [2.24, 2.45) is 0 Å². The summed E-state index contributed by atoms with van der Waals surface area (Å²) in [6.07, 6.45) is 0. The topological polar surface area (TPSA) is 39.2 Å². The van der Waals surface area contributed by atoms with E-state index < -0.39 is 0 Å². The highest BCUT2D eigenvalue weighted by atomic mass is 35.5. The third-order valence-electron chi connectivity index (χ3n) is 1.78. The van der Waals surface area contributed by atoms with E-state index in [9.17, 15) is 4.79 Å². The van der Waals surface area contributed by atoms with Crippen LogP contribution in [0, 0.1) is 0 Å². The van der Waals surface area contributed by atoms with Crippen LogP contribution in [0.25, 0.3) is 0 Å². The van der Waals surface area contributed by atoms with Crippen LogP contribution in [0.15, 0.2) is 17.5 Å². The van der Waals surface area contributed by atoms with Crippen molar-refractivity contribution in [2.45, 2.75) is 0 Å². The highest BCUT2D eigenvalue weighted by Gasteiger charge is 2.16. The molecule has 2 aromatic heterocycles. The van der Waals surface area contributed by atoms with Crippen LogP contribution in [0.3, 0.4) is 0 Å². The molecule has 2 rings (SSSR count). The van der Waals surface area contributed by atoms with Crippen molar-refractivity contribution < 1.29 is 9.53 Å². The lowest BCUT2D eigenvalue weighted by Gasteiger charge is -1.92. The molecule has 15 heavy (non-hydrogen) atoms. The Labute approximate surface area is 99.4 Å². The SMILES string of the molecule is COc1cc(C(=O)c2ccsc2Cl)sn1. The highest BCUT2D eigenvalue weighted by Crippen LogP contribution is 2.27. The van der Waals surface area contributed by atoms with E-state index in [1.54, 1.807) is 17.5 Å². The Hall–Kier alpha value is -0.910. The molecule has 0 bridgehead atoms. The van der Waals surface area contributed by atoms with Gasteiger partial charge < -0.3 is 4.74 Å². The summed E-state index contributed by atoms with van der Waals surface area (Å²) in [6.45, 7) is 0. The van der Waals surface area contributed by atoms with E-state index >= 15 is 0 Å². The summed E-state index contributed by atoms with van der Waals surface area (Å²) in [4.78, 5) is 12.4. The molecule has 2 aromatic rings. The van der Waals surface area contributed by atoms with Crippen molar-refractivity contribution >= 4 is 40.3 Å². The van der Waals surface area contributed by atoms with E-state index in [1.165, 1.54) is 18.4 Å². The number of ether oxygens (including phenoxy) is 1. The maximum atomic E-state index is 11.9. The molecule has 6 heteroatoms. The number of nitrogens with zero attached hydrogens (tertiary/aromatic N) is 1. The first-order chi connectivity index (χ1) is 7.22. The number of halogens is 1. The smallest absolute Gasteiger partial charge is 0.225 e. The summed E-state index contributed by atoms with van der Waals surface area (Å²) >= 11 is 8.32. The predicted octanol–water partition coefficient (Wildman–Crippen LogP) is 3.10. The van der Waals surface area contributed by atoms with Gasteiger partial charge in [0.05, 0.1) is 17.6 Å². The molecular formula is C9H6ClNO2S2. The number of hydrogen-bond acceptors (Lipinski definition) is 5. The Balaban J connectivity index is 2.32. The minimum absolute atomic E-state index is 0.109. The van der Waals surface area contributed by atoms with Crippen molar-refractivity contribution in [2.75, 3.05) is 7.11 Å². The molecule has 0 aromatic carbocycles. The van der Waals surface area contributed by atoms with Crippen molar-refractivity contribution in [1.82, 2.24) is 4.37 Å². The second-order valence-electron chi connectivity index (χ2n) is 2.67. The minimum atomic E-state index is -0.109. The van der Waals surface area contributed by atoms with Gasteiger partial charge in [-0.2, -0.15) is 4.37 Å². The van der Waals surface area contributed by atoms with Gasteiger partial charge in [-0.25, -0.2) is 0 Å². The molecule has 3 nitrogen and oxygen atoms in total. The second-order valence-corrected chi connectivity index (χ2v) is 4.99. The van der Waals surface area contributed by atoms with Gasteiger partial charge in [0.1, 0.15) is 4.34 Å². The molecule has 0 saturated carbocycles. The normalized spacial score (nSPS) is 10.3. The zero-order valence-corrected chi connectivity index (χ0v) is 10.1. The second kappa shape index (κ2) is 4.30. The number of carbonyl (C=O) groups excluding carboxylic acids is 1. The Morgan fingerprint density at radius 2 is 2.40 bits per heavy atom. The van der Waals surface area contributed by atoms with E-state index in [-0.39, 0.29) is 5.78 Å². The first kappa shape index (κ1) is 10.6. The molecular weight excluding hydrogens is 254 g/mol. The molecule has 0 fully saturated rings. The Morgan fingerprint density at radius 3 is 2.93 bits per heavy atom. The van der Waals surface area contributed by atoms with Crippen LogP contribution in [0.4, 0.5) is 0 Å². The number of methoxy groups -OCH3 is 1. The van der Waals surface area contributed by atoms with Gasteiger partial charge in [0.25, 0.3) is 0 Å². The fourth-order valence-electron chi connectivity index (χ4n) is 1.05. The molecule has 0 spiro atoms. The first-order valence-corrected chi connectivity index (χ1v) is 6.04. The average Bonchev–Trinajstić information content (AvgIpc) is 2.84. The molecule has 0 aliphatic heterocycles. The number of rotatable bonds is 3. The average molecular weight is 260 g/mol. The van der Waals surface area contributed by atoms with Crippen LogP contribution in [0.1, 0.15) is 15.2 Å². The molecule has 2 heterocycles. The van der Waals surface area contributed by atoms with Gasteiger partial charge in [0.2, 0.25) is 11.7 Å². The van der Waals surface area contributed by atoms with E-state index in [1.807, 2.05) is 0 Å². The lowest BCUT2D eigenvalue weighted by molar-refractivity contribution is 0.104. The van der Waals surface area contributed by atoms with Crippen LogP contribution >= 0.6 is 34.5 Å². The maximum absolute atomic E-state index is 11.9. The van der Waals surface area contributed by atoms with E-state index in [4.69, 9.17) is 16.3 Å². The summed E-state index contributed by atoms with van der Waals surface area (Å²) in [7, 11) is 1.51. The van der Waals surface area contributed by atoms with Gasteiger partial charge in [0.15, 0.2) is 0 Å². The van der Waals surface area contributed by atoms with Crippen molar-refractivity contribution in [3.8, 4) is 5.88 Å². The lowest BCUT2D eigenvalue weighted by Crippen LogP contribution is -1.96. The Bertz CT molecular complexity index is 492. The molecule has 0 saturated heterocycles. The molecule has 0 N–H and O–H groups in total. The third-order valence-corrected chi connectivity index (χ3v) is 3.73. The zero-order valence-electron chi connectivity index (χ0n) is 7.69. The van der Waals surface area contributed by atoms with Gasteiger partial charge >= 0.3 is 0 Å². The number of ketones is 1. The molecule has 0 aliphatic carbocycles. The van der Waals surface area contributed by atoms with Gasteiger partial charge in [-0.3, -0.25) is 4.79 Å². The third kappa shape index (κ3) is 2.04. The minimum Gasteiger partial charge on any atom is -0.480 e. The van der Waals surface area contributed by atoms with E-state index in [0.717, 1.165) is 11.5 Å². The standard InChI is InChI=1S/C9H6ClNO2S2/c1-13-7-4-6(15-11-7)8(12)5-2-3-14-9(5)10/h2-4H,1H3. The number of aromatic nitrogens is 1. The summed E-state index contributed by atoms with van der Waals surface area (Å²) in [5, 5.41) is 1.79. The maximum Gasteiger partial charge on any atom is 0.225 e. The molecule has 0 radical (unpaired) electrons. The van der Waals surface area contributed by atoms with Crippen molar-refractivity contribution in [3.05, 3.63) is 32.3 Å². The molecule has 0 atom stereocenters. The van der Waals surface area contributed by atoms with Crippen molar-refractivity contribution in [1.29, 1.82) is 0 Å². The van der Waals surface area contributed by atoms with Crippen LogP contribution in [-0.4, -0.2) is 17.3 Å². The van der Waals surface area contributed by atoms with Gasteiger partial charge in [-0.05, 0) is 23.0 Å². The Kier molecular flexibility index (Phi) is 3.04. The number of hydrogen-bond donors (Lipinski definition) is 0. The van der Waals surface area contributed by atoms with Gasteiger partial charge in [-0.1, -0.05) is 11.6 Å². The number of carbonyl (C=O) groups is 1. The Morgan fingerprint density at radius 1 is 1.60 bits per heavy atom. The summed E-state index contributed by atoms with van der Waals surface area (Å²) < 4.78 is 9.37. The number of thiophene rings is 1. The lowest BCUT2D eigenvalue weighted by atomic mass is 10.2. The summed E-state index contributed by atoms with van der Waals surface area (Å²) in [5.41, 5.74) is 0.521. The summed E-state index contributed by atoms with van der Waals surface area (Å²) in [6, 6.07) is 3.32. The van der Waals surface area contributed by atoms with E-state index in [2.05, 4.69) is 4.37 Å². The molecule has 0 unspecified atom stereocenters. The summed E-state index contributed by atoms with van der Waals surface area (Å²) in [5.74, 6) is 0.344. The molecule has 0 amide bonds. The monoisotopic (exact) mass is 259 g/mol. The van der Waals surface area contributed by atoms with Crippen molar-refractivity contribution in [3.63, 3.8) is 0 Å². The highest BCUT2D eigenvalue weighted by molar-refractivity contribution is 7.15. The molecule has 0 aliphatic rings. The first-order valence-electron chi connectivity index (χ1n) is 4.00. The van der Waals surface area contributed by atoms with Crippen LogP contribution in [0.2, 0.25) is 4.34 Å². The largest absolute Gasteiger partial charge is 0.480 e. The fraction of sp³-hybridized carbons (Fsp3) is 0.111. The zero-order chi connectivity index (χ0) is 10.8. The quantitative estimate of drug-likeness (QED) is 0.795. The van der Waals surface area contributed by atoms with Gasteiger partial charge in [-0.15, -0.1) is 11.3 Å².